The largest absolute Gasteiger partial charge is 0.381 e. The number of benzene rings is 1. The van der Waals surface area contributed by atoms with Crippen LogP contribution in [0, 0.1) is 10.7 Å². The molecule has 0 aliphatic carbocycles. The number of halogens is 2. The zero-order chi connectivity index (χ0) is 13.6. The molecule has 0 saturated carbocycles. The molecular formula is C13H14Cl2N2OS. The normalized spacial score (nSPS) is 21.1. The first-order chi connectivity index (χ1) is 9.08. The van der Waals surface area contributed by atoms with E-state index in [-0.39, 0.29) is 6.04 Å². The summed E-state index contributed by atoms with van der Waals surface area (Å²) in [7, 11) is 0. The number of hydrogen-bond donors (Lipinski definition) is 1. The Hall–Kier alpha value is -0.550. The van der Waals surface area contributed by atoms with Gasteiger partial charge in [0.05, 0.1) is 27.7 Å². The highest BCUT2D eigenvalue weighted by Gasteiger charge is 2.25. The van der Waals surface area contributed by atoms with Gasteiger partial charge < -0.3 is 14.3 Å². The third-order valence-electron chi connectivity index (χ3n) is 3.81. The van der Waals surface area contributed by atoms with Crippen molar-refractivity contribution < 1.29 is 4.74 Å². The summed E-state index contributed by atoms with van der Waals surface area (Å²) in [5, 5.41) is 1.08. The van der Waals surface area contributed by atoms with Gasteiger partial charge in [0.2, 0.25) is 0 Å². The van der Waals surface area contributed by atoms with E-state index in [0.717, 1.165) is 30.7 Å². The van der Waals surface area contributed by atoms with E-state index in [4.69, 9.17) is 40.2 Å². The molecule has 2 heterocycles. The van der Waals surface area contributed by atoms with Gasteiger partial charge in [-0.3, -0.25) is 0 Å². The second-order valence-corrected chi connectivity index (χ2v) is 6.15. The lowest BCUT2D eigenvalue weighted by molar-refractivity contribution is 0.175. The third kappa shape index (κ3) is 2.31. The fourth-order valence-electron chi connectivity index (χ4n) is 2.67. The molecule has 102 valence electrons. The Morgan fingerprint density at radius 2 is 2.16 bits per heavy atom. The summed E-state index contributed by atoms with van der Waals surface area (Å²) in [5.74, 6) is 0.486. The molecule has 0 spiro atoms. The van der Waals surface area contributed by atoms with E-state index in [0.29, 0.717) is 20.7 Å². The molecule has 2 unspecified atom stereocenters. The van der Waals surface area contributed by atoms with Gasteiger partial charge in [-0.05, 0) is 37.7 Å². The Morgan fingerprint density at radius 1 is 1.42 bits per heavy atom. The lowest BCUT2D eigenvalue weighted by Crippen LogP contribution is -2.16. The summed E-state index contributed by atoms with van der Waals surface area (Å²) in [6.07, 6.45) is 1.07. The quantitative estimate of drug-likeness (QED) is 0.820. The molecule has 1 N–H and O–H groups in total. The summed E-state index contributed by atoms with van der Waals surface area (Å²) >= 11 is 17.6. The minimum atomic E-state index is 0.279. The first-order valence-electron chi connectivity index (χ1n) is 6.25. The van der Waals surface area contributed by atoms with Gasteiger partial charge in [-0.2, -0.15) is 0 Å². The van der Waals surface area contributed by atoms with Crippen molar-refractivity contribution in [3.8, 4) is 0 Å². The monoisotopic (exact) mass is 316 g/mol. The van der Waals surface area contributed by atoms with Gasteiger partial charge in [-0.25, -0.2) is 0 Å². The molecule has 1 aromatic heterocycles. The number of H-pyrrole nitrogens is 1. The van der Waals surface area contributed by atoms with Crippen molar-refractivity contribution in [2.45, 2.75) is 19.4 Å². The summed E-state index contributed by atoms with van der Waals surface area (Å²) < 4.78 is 8.29. The zero-order valence-electron chi connectivity index (χ0n) is 10.5. The predicted octanol–water partition coefficient (Wildman–Crippen LogP) is 4.60. The van der Waals surface area contributed by atoms with Crippen LogP contribution < -0.4 is 0 Å². The van der Waals surface area contributed by atoms with Crippen LogP contribution in [0.2, 0.25) is 10.0 Å². The second kappa shape index (κ2) is 5.09. The molecule has 19 heavy (non-hydrogen) atoms. The number of ether oxygens (including phenoxy) is 1. The van der Waals surface area contributed by atoms with Crippen molar-refractivity contribution in [3.05, 3.63) is 26.9 Å². The second-order valence-electron chi connectivity index (χ2n) is 4.95. The van der Waals surface area contributed by atoms with Crippen LogP contribution in [0.1, 0.15) is 19.4 Å². The lowest BCUT2D eigenvalue weighted by Gasteiger charge is -2.20. The topological polar surface area (TPSA) is 29.9 Å². The fourth-order valence-corrected chi connectivity index (χ4v) is 3.37. The summed E-state index contributed by atoms with van der Waals surface area (Å²) in [6.45, 7) is 3.79. The first-order valence-corrected chi connectivity index (χ1v) is 7.41. The van der Waals surface area contributed by atoms with Crippen molar-refractivity contribution in [2.75, 3.05) is 13.2 Å². The molecule has 0 amide bonds. The molecular weight excluding hydrogens is 303 g/mol. The van der Waals surface area contributed by atoms with Gasteiger partial charge in [-0.1, -0.05) is 23.2 Å². The molecule has 1 aliphatic rings. The van der Waals surface area contributed by atoms with Crippen LogP contribution in [-0.2, 0) is 4.74 Å². The molecule has 3 nitrogen and oxygen atoms in total. The molecule has 0 radical (unpaired) electrons. The molecule has 1 aliphatic heterocycles. The van der Waals surface area contributed by atoms with Crippen molar-refractivity contribution in [2.24, 2.45) is 5.92 Å². The summed E-state index contributed by atoms with van der Waals surface area (Å²) in [5.41, 5.74) is 1.92. The average molecular weight is 317 g/mol. The van der Waals surface area contributed by atoms with E-state index in [2.05, 4.69) is 16.5 Å². The number of rotatable bonds is 2. The highest BCUT2D eigenvalue weighted by Crippen LogP contribution is 2.33. The SMILES string of the molecule is CC(C1CCOC1)n1c(=S)[nH]c2cc(Cl)c(Cl)cc21. The number of nitrogens with one attached hydrogen (secondary N) is 1. The predicted molar refractivity (Wildman–Crippen MR) is 80.8 cm³/mol. The molecule has 0 bridgehead atoms. The van der Waals surface area contributed by atoms with Crippen LogP contribution >= 0.6 is 35.4 Å². The van der Waals surface area contributed by atoms with Crippen molar-refractivity contribution in [1.29, 1.82) is 0 Å². The first kappa shape index (κ1) is 13.4. The van der Waals surface area contributed by atoms with E-state index >= 15 is 0 Å². The van der Waals surface area contributed by atoms with E-state index < -0.39 is 0 Å². The van der Waals surface area contributed by atoms with E-state index in [9.17, 15) is 0 Å². The summed E-state index contributed by atoms with van der Waals surface area (Å²) in [6, 6.07) is 3.97. The van der Waals surface area contributed by atoms with Gasteiger partial charge in [0, 0.05) is 18.6 Å². The van der Waals surface area contributed by atoms with Gasteiger partial charge in [0.1, 0.15) is 0 Å². The van der Waals surface area contributed by atoms with Crippen molar-refractivity contribution in [3.63, 3.8) is 0 Å². The number of hydrogen-bond acceptors (Lipinski definition) is 2. The van der Waals surface area contributed by atoms with Gasteiger partial charge in [-0.15, -0.1) is 0 Å². The van der Waals surface area contributed by atoms with Crippen LogP contribution in [0.25, 0.3) is 11.0 Å². The Bertz CT molecular complexity index is 673. The number of fused-ring (bicyclic) bond motifs is 1. The number of aromatic amines is 1. The number of aromatic nitrogens is 2. The average Bonchev–Trinajstić information content (AvgIpc) is 2.97. The molecule has 1 saturated heterocycles. The van der Waals surface area contributed by atoms with E-state index in [1.54, 1.807) is 0 Å². The summed E-state index contributed by atoms with van der Waals surface area (Å²) in [4.78, 5) is 3.19. The zero-order valence-corrected chi connectivity index (χ0v) is 12.8. The standard InChI is InChI=1S/C13H14Cl2N2OS/c1-7(8-2-3-18-6-8)17-12-5-10(15)9(14)4-11(12)16-13(17)19/h4-5,7-8H,2-3,6H2,1H3,(H,16,19). The third-order valence-corrected chi connectivity index (χ3v) is 4.83. The van der Waals surface area contributed by atoms with E-state index in [1.807, 2.05) is 12.1 Å². The lowest BCUT2D eigenvalue weighted by atomic mass is 10.0. The molecule has 2 aromatic rings. The molecule has 2 atom stereocenters. The fraction of sp³-hybridized carbons (Fsp3) is 0.462. The van der Waals surface area contributed by atoms with Crippen LogP contribution in [0.4, 0.5) is 0 Å². The Morgan fingerprint density at radius 3 is 2.84 bits per heavy atom. The minimum absolute atomic E-state index is 0.279. The van der Waals surface area contributed by atoms with Crippen molar-refractivity contribution in [1.82, 2.24) is 9.55 Å². The smallest absolute Gasteiger partial charge is 0.178 e. The van der Waals surface area contributed by atoms with Crippen LogP contribution in [0.3, 0.4) is 0 Å². The Balaban J connectivity index is 2.14. The highest BCUT2D eigenvalue weighted by molar-refractivity contribution is 7.71. The minimum Gasteiger partial charge on any atom is -0.381 e. The van der Waals surface area contributed by atoms with E-state index in [1.165, 1.54) is 0 Å². The van der Waals surface area contributed by atoms with Gasteiger partial charge in [0.15, 0.2) is 4.77 Å². The molecule has 1 fully saturated rings. The van der Waals surface area contributed by atoms with Gasteiger partial charge >= 0.3 is 0 Å². The molecule has 3 rings (SSSR count). The van der Waals surface area contributed by atoms with Crippen molar-refractivity contribution >= 4 is 46.5 Å². The highest BCUT2D eigenvalue weighted by atomic mass is 35.5. The maximum atomic E-state index is 6.12. The Kier molecular flexibility index (Phi) is 3.60. The van der Waals surface area contributed by atoms with Crippen LogP contribution in [0.5, 0.6) is 0 Å². The number of nitrogens with zero attached hydrogens (tertiary/aromatic N) is 1. The molecule has 1 aromatic carbocycles. The van der Waals surface area contributed by atoms with Gasteiger partial charge in [0.25, 0.3) is 0 Å². The molecule has 6 heteroatoms. The number of imidazole rings is 1. The maximum absolute atomic E-state index is 6.12. The van der Waals surface area contributed by atoms with Crippen LogP contribution in [-0.4, -0.2) is 22.8 Å². The Labute approximate surface area is 126 Å². The maximum Gasteiger partial charge on any atom is 0.178 e. The van der Waals surface area contributed by atoms with Crippen LogP contribution in [0.15, 0.2) is 12.1 Å².